The summed E-state index contributed by atoms with van der Waals surface area (Å²) >= 11 is 0. The van der Waals surface area contributed by atoms with Crippen molar-refractivity contribution in [1.82, 2.24) is 10.2 Å². The molecular formula is C16H23FN2O. The smallest absolute Gasteiger partial charge is 0.321 e. The number of benzene rings is 1. The molecule has 0 atom stereocenters. The summed E-state index contributed by atoms with van der Waals surface area (Å²) < 4.78 is 12.7. The van der Waals surface area contributed by atoms with E-state index in [-0.39, 0.29) is 11.8 Å². The predicted molar refractivity (Wildman–Crippen MR) is 80.7 cm³/mol. The van der Waals surface area contributed by atoms with Crippen LogP contribution in [-0.4, -0.2) is 24.0 Å². The summed E-state index contributed by atoms with van der Waals surface area (Å²) in [4.78, 5) is 13.8. The van der Waals surface area contributed by atoms with Gasteiger partial charge in [0, 0.05) is 19.3 Å². The average Bonchev–Trinajstić information content (AvgIpc) is 2.45. The second-order valence-electron chi connectivity index (χ2n) is 4.67. The number of nitrogens with one attached hydrogen (secondary N) is 1. The molecule has 0 fully saturated rings. The van der Waals surface area contributed by atoms with Crippen molar-refractivity contribution in [2.75, 3.05) is 13.1 Å². The number of urea groups is 1. The Labute approximate surface area is 120 Å². The van der Waals surface area contributed by atoms with E-state index in [1.54, 1.807) is 24.4 Å². The Kier molecular flexibility index (Phi) is 7.40. The summed E-state index contributed by atoms with van der Waals surface area (Å²) in [6.45, 7) is 5.70. The fraction of sp³-hybridized carbons (Fsp3) is 0.438. The third-order valence-corrected chi connectivity index (χ3v) is 2.91. The van der Waals surface area contributed by atoms with Crippen molar-refractivity contribution in [3.63, 3.8) is 0 Å². The first-order valence-electron chi connectivity index (χ1n) is 7.15. The van der Waals surface area contributed by atoms with Gasteiger partial charge in [-0.2, -0.15) is 0 Å². The molecular weight excluding hydrogens is 255 g/mol. The largest absolute Gasteiger partial charge is 0.325 e. The van der Waals surface area contributed by atoms with Gasteiger partial charge in [0.15, 0.2) is 0 Å². The van der Waals surface area contributed by atoms with E-state index in [2.05, 4.69) is 19.2 Å². The molecule has 1 rings (SSSR count). The van der Waals surface area contributed by atoms with Crippen LogP contribution in [0.15, 0.2) is 30.5 Å². The van der Waals surface area contributed by atoms with E-state index >= 15 is 0 Å². The normalized spacial score (nSPS) is 10.8. The molecule has 0 bridgehead atoms. The minimum Gasteiger partial charge on any atom is -0.325 e. The Balaban J connectivity index is 2.48. The second-order valence-corrected chi connectivity index (χ2v) is 4.67. The molecule has 0 aliphatic carbocycles. The molecule has 1 aromatic carbocycles. The lowest BCUT2D eigenvalue weighted by molar-refractivity contribution is 0.200. The number of carbonyl (C=O) groups is 1. The van der Waals surface area contributed by atoms with Crippen molar-refractivity contribution in [2.24, 2.45) is 0 Å². The topological polar surface area (TPSA) is 32.3 Å². The molecule has 110 valence electrons. The Morgan fingerprint density at radius 1 is 1.20 bits per heavy atom. The summed E-state index contributed by atoms with van der Waals surface area (Å²) in [6, 6.07) is 6.04. The molecule has 2 amide bonds. The van der Waals surface area contributed by atoms with Crippen LogP contribution in [0.3, 0.4) is 0 Å². The highest BCUT2D eigenvalue weighted by Gasteiger charge is 2.09. The number of rotatable bonds is 7. The zero-order chi connectivity index (χ0) is 14.8. The molecule has 1 aromatic rings. The van der Waals surface area contributed by atoms with Gasteiger partial charge in [-0.25, -0.2) is 9.18 Å². The van der Waals surface area contributed by atoms with Crippen molar-refractivity contribution in [2.45, 2.75) is 33.1 Å². The molecule has 0 aliphatic heterocycles. The first-order chi connectivity index (χ1) is 9.67. The molecule has 0 unspecified atom stereocenters. The summed E-state index contributed by atoms with van der Waals surface area (Å²) in [5.41, 5.74) is 0.849. The molecule has 0 aromatic heterocycles. The number of amides is 2. The number of carbonyl (C=O) groups excluding carboxylic acids is 1. The van der Waals surface area contributed by atoms with Crippen LogP contribution in [0.4, 0.5) is 9.18 Å². The van der Waals surface area contributed by atoms with Gasteiger partial charge in [-0.05, 0) is 36.6 Å². The summed E-state index contributed by atoms with van der Waals surface area (Å²) in [7, 11) is 0. The summed E-state index contributed by atoms with van der Waals surface area (Å²) in [6.07, 6.45) is 6.37. The van der Waals surface area contributed by atoms with E-state index in [0.29, 0.717) is 0 Å². The van der Waals surface area contributed by atoms with Crippen molar-refractivity contribution in [3.8, 4) is 0 Å². The molecule has 4 heteroatoms. The summed E-state index contributed by atoms with van der Waals surface area (Å²) in [5, 5.41) is 2.75. The maximum absolute atomic E-state index is 12.7. The first-order valence-corrected chi connectivity index (χ1v) is 7.15. The highest BCUT2D eigenvalue weighted by atomic mass is 19.1. The third kappa shape index (κ3) is 5.87. The van der Waals surface area contributed by atoms with E-state index in [4.69, 9.17) is 0 Å². The van der Waals surface area contributed by atoms with Crippen LogP contribution in [-0.2, 0) is 0 Å². The van der Waals surface area contributed by atoms with Crippen molar-refractivity contribution in [3.05, 3.63) is 41.8 Å². The lowest BCUT2D eigenvalue weighted by Crippen LogP contribution is -2.38. The lowest BCUT2D eigenvalue weighted by atomic mass is 10.2. The molecule has 1 N–H and O–H groups in total. The number of nitrogens with zero attached hydrogens (tertiary/aromatic N) is 1. The van der Waals surface area contributed by atoms with Gasteiger partial charge in [0.25, 0.3) is 0 Å². The third-order valence-electron chi connectivity index (χ3n) is 2.91. The van der Waals surface area contributed by atoms with Crippen molar-refractivity contribution < 1.29 is 9.18 Å². The monoisotopic (exact) mass is 278 g/mol. The molecule has 20 heavy (non-hydrogen) atoms. The molecule has 0 spiro atoms. The lowest BCUT2D eigenvalue weighted by Gasteiger charge is -2.21. The highest BCUT2D eigenvalue weighted by Crippen LogP contribution is 2.04. The minimum atomic E-state index is -0.264. The zero-order valence-electron chi connectivity index (χ0n) is 12.2. The Morgan fingerprint density at radius 2 is 1.90 bits per heavy atom. The van der Waals surface area contributed by atoms with Gasteiger partial charge < -0.3 is 10.2 Å². The van der Waals surface area contributed by atoms with Crippen LogP contribution >= 0.6 is 0 Å². The molecule has 0 radical (unpaired) electrons. The first kappa shape index (κ1) is 16.2. The predicted octanol–water partition coefficient (Wildman–Crippen LogP) is 4.02. The van der Waals surface area contributed by atoms with Crippen LogP contribution in [0, 0.1) is 5.82 Å². The van der Waals surface area contributed by atoms with E-state index in [9.17, 15) is 9.18 Å². The van der Waals surface area contributed by atoms with Gasteiger partial charge in [0.05, 0.1) is 0 Å². The quantitative estimate of drug-likeness (QED) is 0.802. The van der Waals surface area contributed by atoms with Gasteiger partial charge in [-0.3, -0.25) is 0 Å². The number of hydrogen-bond acceptors (Lipinski definition) is 1. The number of hydrogen-bond donors (Lipinski definition) is 1. The second kappa shape index (κ2) is 9.13. The Hall–Kier alpha value is -1.84. The summed E-state index contributed by atoms with van der Waals surface area (Å²) in [5.74, 6) is -0.264. The van der Waals surface area contributed by atoms with Gasteiger partial charge in [-0.15, -0.1) is 0 Å². The van der Waals surface area contributed by atoms with Crippen LogP contribution in [0.5, 0.6) is 0 Å². The Bertz CT molecular complexity index is 429. The number of halogens is 1. The van der Waals surface area contributed by atoms with E-state index in [0.717, 1.165) is 37.9 Å². The maximum Gasteiger partial charge on any atom is 0.321 e. The molecule has 3 nitrogen and oxygen atoms in total. The Morgan fingerprint density at radius 3 is 2.50 bits per heavy atom. The van der Waals surface area contributed by atoms with Crippen LogP contribution in [0.25, 0.3) is 6.08 Å². The SMILES string of the molecule is CCCCN(CCC)C(=O)N/C=C/c1ccc(F)cc1. The highest BCUT2D eigenvalue weighted by molar-refractivity contribution is 5.76. The van der Waals surface area contributed by atoms with Gasteiger partial charge in [-0.1, -0.05) is 32.4 Å². The molecule has 0 heterocycles. The van der Waals surface area contributed by atoms with Crippen molar-refractivity contribution >= 4 is 12.1 Å². The van der Waals surface area contributed by atoms with Crippen LogP contribution < -0.4 is 5.32 Å². The molecule has 0 aliphatic rings. The van der Waals surface area contributed by atoms with Crippen LogP contribution in [0.2, 0.25) is 0 Å². The van der Waals surface area contributed by atoms with Crippen LogP contribution in [0.1, 0.15) is 38.7 Å². The van der Waals surface area contributed by atoms with E-state index < -0.39 is 0 Å². The standard InChI is InChI=1S/C16H23FN2O/c1-3-5-13-19(12-4-2)16(20)18-11-10-14-6-8-15(17)9-7-14/h6-11H,3-5,12-13H2,1-2H3,(H,18,20)/b11-10+. The maximum atomic E-state index is 12.7. The van der Waals surface area contributed by atoms with E-state index in [1.165, 1.54) is 12.1 Å². The zero-order valence-corrected chi connectivity index (χ0v) is 12.2. The van der Waals surface area contributed by atoms with Gasteiger partial charge >= 0.3 is 6.03 Å². The fourth-order valence-electron chi connectivity index (χ4n) is 1.81. The number of unbranched alkanes of at least 4 members (excludes halogenated alkanes) is 1. The minimum absolute atomic E-state index is 0.0846. The fourth-order valence-corrected chi connectivity index (χ4v) is 1.81. The average molecular weight is 278 g/mol. The van der Waals surface area contributed by atoms with Gasteiger partial charge in [0.1, 0.15) is 5.82 Å². The van der Waals surface area contributed by atoms with Crippen molar-refractivity contribution in [1.29, 1.82) is 0 Å². The molecule has 0 saturated carbocycles. The van der Waals surface area contributed by atoms with Gasteiger partial charge in [0.2, 0.25) is 0 Å². The molecule has 0 saturated heterocycles. The van der Waals surface area contributed by atoms with E-state index in [1.807, 2.05) is 4.90 Å².